The van der Waals surface area contributed by atoms with Crippen molar-refractivity contribution in [1.29, 1.82) is 0 Å². The van der Waals surface area contributed by atoms with Crippen LogP contribution < -0.4 is 21.1 Å². The number of nitrogens with zero attached hydrogens (tertiary/aromatic N) is 2. The summed E-state index contributed by atoms with van der Waals surface area (Å²) in [6.07, 6.45) is 2.75. The van der Waals surface area contributed by atoms with Gasteiger partial charge in [0.15, 0.2) is 0 Å². The van der Waals surface area contributed by atoms with E-state index in [1.54, 1.807) is 34.8 Å². The molecule has 10 nitrogen and oxygen atoms in total. The molecule has 0 bridgehead atoms. The predicted octanol–water partition coefficient (Wildman–Crippen LogP) is 1.17. The second kappa shape index (κ2) is 12.6. The maximum atomic E-state index is 12.5. The van der Waals surface area contributed by atoms with Crippen molar-refractivity contribution in [3.05, 3.63) is 29.8 Å². The highest BCUT2D eigenvalue weighted by Crippen LogP contribution is 2.21. The van der Waals surface area contributed by atoms with Crippen LogP contribution in [0.1, 0.15) is 31.7 Å². The van der Waals surface area contributed by atoms with Crippen molar-refractivity contribution in [2.24, 2.45) is 5.10 Å². The molecule has 1 aliphatic rings. The monoisotopic (exact) mass is 427 g/mol. The molecular formula is C18H26ClN5O5. The van der Waals surface area contributed by atoms with Gasteiger partial charge in [-0.1, -0.05) is 19.1 Å². The third kappa shape index (κ3) is 7.59. The molecule has 29 heavy (non-hydrogen) atoms. The van der Waals surface area contributed by atoms with Crippen molar-refractivity contribution in [2.75, 3.05) is 24.6 Å². The van der Waals surface area contributed by atoms with Crippen molar-refractivity contribution in [2.45, 2.75) is 32.2 Å². The minimum absolute atomic E-state index is 0. The molecule has 0 saturated carbocycles. The van der Waals surface area contributed by atoms with Crippen LogP contribution in [0.2, 0.25) is 0 Å². The number of ether oxygens (including phenoxy) is 1. The minimum Gasteiger partial charge on any atom is -0.466 e. The second-order valence-electron chi connectivity index (χ2n) is 6.15. The molecule has 1 aromatic carbocycles. The molecule has 1 saturated heterocycles. The van der Waals surface area contributed by atoms with E-state index < -0.39 is 12.1 Å². The number of carbonyl (C=O) groups is 3. The molecule has 0 radical (unpaired) electrons. The van der Waals surface area contributed by atoms with Crippen LogP contribution in [0, 0.1) is 0 Å². The maximum Gasteiger partial charge on any atom is 0.315 e. The van der Waals surface area contributed by atoms with Crippen LogP contribution in [0.25, 0.3) is 0 Å². The van der Waals surface area contributed by atoms with Crippen LogP contribution in [-0.4, -0.2) is 55.1 Å². The fourth-order valence-electron chi connectivity index (χ4n) is 2.69. The first-order chi connectivity index (χ1) is 13.5. The average molecular weight is 428 g/mol. The Balaban J connectivity index is 0.00000420. The lowest BCUT2D eigenvalue weighted by Crippen LogP contribution is -2.46. The standard InChI is InChI=1S/C18H25N5O5.ClH/c1-2-11-28-16(24)7-9-19-18(26)21-15-8-10-23(17(15)25)14-5-3-13(4-6-14)12-20-22-27;/h3-6,12,15,22,27H,2,7-11H2,1H3,(H2,19,21,26);1H/t15-;/m0./s1. The minimum atomic E-state index is -0.619. The molecule has 4 N–H and O–H groups in total. The first-order valence-electron chi connectivity index (χ1n) is 9.08. The Hall–Kier alpha value is -2.85. The van der Waals surface area contributed by atoms with E-state index in [1.807, 2.05) is 6.92 Å². The number of hydrogen-bond donors (Lipinski definition) is 4. The molecule has 0 unspecified atom stereocenters. The Labute approximate surface area is 175 Å². The number of benzene rings is 1. The van der Waals surface area contributed by atoms with Gasteiger partial charge >= 0.3 is 12.0 Å². The fourth-order valence-corrected chi connectivity index (χ4v) is 2.69. The van der Waals surface area contributed by atoms with Crippen molar-refractivity contribution in [3.63, 3.8) is 0 Å². The number of halogens is 1. The molecule has 11 heteroatoms. The Bertz CT molecular complexity index is 713. The summed E-state index contributed by atoms with van der Waals surface area (Å²) in [7, 11) is 0. The Morgan fingerprint density at radius 3 is 2.72 bits per heavy atom. The molecule has 3 amide bonds. The van der Waals surface area contributed by atoms with Gasteiger partial charge in [0, 0.05) is 18.8 Å². The highest BCUT2D eigenvalue weighted by molar-refractivity contribution is 6.01. The third-order valence-electron chi connectivity index (χ3n) is 4.07. The normalized spacial score (nSPS) is 15.7. The number of amides is 3. The van der Waals surface area contributed by atoms with Gasteiger partial charge in [0.05, 0.1) is 19.2 Å². The molecule has 160 valence electrons. The topological polar surface area (TPSA) is 132 Å². The number of anilines is 1. The number of nitrogens with one attached hydrogen (secondary N) is 3. The summed E-state index contributed by atoms with van der Waals surface area (Å²) in [6, 6.07) is 5.93. The fraction of sp³-hybridized carbons (Fsp3) is 0.444. The van der Waals surface area contributed by atoms with E-state index in [4.69, 9.17) is 9.94 Å². The van der Waals surface area contributed by atoms with Gasteiger partial charge < -0.3 is 20.3 Å². The maximum absolute atomic E-state index is 12.5. The lowest BCUT2D eigenvalue weighted by atomic mass is 10.2. The van der Waals surface area contributed by atoms with E-state index in [0.29, 0.717) is 25.3 Å². The van der Waals surface area contributed by atoms with E-state index in [1.165, 1.54) is 6.21 Å². The zero-order valence-electron chi connectivity index (χ0n) is 16.1. The lowest BCUT2D eigenvalue weighted by molar-refractivity contribution is -0.143. The largest absolute Gasteiger partial charge is 0.466 e. The van der Waals surface area contributed by atoms with Crippen molar-refractivity contribution in [1.82, 2.24) is 16.2 Å². The zero-order chi connectivity index (χ0) is 20.4. The number of rotatable bonds is 9. The second-order valence-corrected chi connectivity index (χ2v) is 6.15. The molecule has 1 aromatic rings. The molecule has 1 fully saturated rings. The number of carbonyl (C=O) groups excluding carboxylic acids is 3. The number of hydrazone groups is 1. The Morgan fingerprint density at radius 2 is 2.07 bits per heavy atom. The number of esters is 1. The summed E-state index contributed by atoms with van der Waals surface area (Å²) in [5.74, 6) is -0.565. The summed E-state index contributed by atoms with van der Waals surface area (Å²) in [4.78, 5) is 37.5. The lowest BCUT2D eigenvalue weighted by Gasteiger charge is -2.17. The van der Waals surface area contributed by atoms with Crippen molar-refractivity contribution in [3.8, 4) is 0 Å². The highest BCUT2D eigenvalue weighted by Gasteiger charge is 2.33. The van der Waals surface area contributed by atoms with Crippen molar-refractivity contribution >= 4 is 42.2 Å². The van der Waals surface area contributed by atoms with Crippen LogP contribution in [-0.2, 0) is 14.3 Å². The van der Waals surface area contributed by atoms with E-state index in [0.717, 1.165) is 12.0 Å². The third-order valence-corrected chi connectivity index (χ3v) is 4.07. The predicted molar refractivity (Wildman–Crippen MR) is 109 cm³/mol. The molecule has 2 rings (SSSR count). The summed E-state index contributed by atoms with van der Waals surface area (Å²) in [5, 5.41) is 17.1. The van der Waals surface area contributed by atoms with Gasteiger partial charge in [0.25, 0.3) is 0 Å². The van der Waals surface area contributed by atoms with Gasteiger partial charge in [-0.15, -0.1) is 12.4 Å². The smallest absolute Gasteiger partial charge is 0.315 e. The zero-order valence-corrected chi connectivity index (χ0v) is 16.9. The van der Waals surface area contributed by atoms with E-state index in [9.17, 15) is 14.4 Å². The molecule has 0 spiro atoms. The molecular weight excluding hydrogens is 402 g/mol. The highest BCUT2D eigenvalue weighted by atomic mass is 35.5. The first kappa shape index (κ1) is 24.2. The summed E-state index contributed by atoms with van der Waals surface area (Å²) in [6.45, 7) is 2.89. The van der Waals surface area contributed by atoms with E-state index in [-0.39, 0.29) is 37.2 Å². The SMILES string of the molecule is CCCOC(=O)CCNC(=O)N[C@H]1CCN(c2ccc(C=NNO)cc2)C1=O.Cl. The quantitative estimate of drug-likeness (QED) is 0.265. The van der Waals surface area contributed by atoms with E-state index in [2.05, 4.69) is 15.7 Å². The van der Waals surface area contributed by atoms with Gasteiger partial charge in [0.1, 0.15) is 6.04 Å². The van der Waals surface area contributed by atoms with Gasteiger partial charge in [-0.25, -0.2) is 4.79 Å². The summed E-state index contributed by atoms with van der Waals surface area (Å²) >= 11 is 0. The van der Waals surface area contributed by atoms with Crippen LogP contribution in [0.3, 0.4) is 0 Å². The molecule has 1 aliphatic heterocycles. The summed E-state index contributed by atoms with van der Waals surface area (Å²) in [5.41, 5.74) is 3.14. The molecule has 0 aromatic heterocycles. The first-order valence-corrected chi connectivity index (χ1v) is 9.08. The Kier molecular flexibility index (Phi) is 10.5. The van der Waals surface area contributed by atoms with Gasteiger partial charge in [-0.2, -0.15) is 10.7 Å². The van der Waals surface area contributed by atoms with Gasteiger partial charge in [-0.05, 0) is 30.5 Å². The molecule has 1 atom stereocenters. The van der Waals surface area contributed by atoms with Crippen molar-refractivity contribution < 1.29 is 24.3 Å². The van der Waals surface area contributed by atoms with Gasteiger partial charge in [0.2, 0.25) is 5.91 Å². The summed E-state index contributed by atoms with van der Waals surface area (Å²) < 4.78 is 4.92. The van der Waals surface area contributed by atoms with Crippen LogP contribution in [0.5, 0.6) is 0 Å². The van der Waals surface area contributed by atoms with E-state index >= 15 is 0 Å². The average Bonchev–Trinajstić information content (AvgIpc) is 3.05. The number of urea groups is 1. The molecule has 1 heterocycles. The van der Waals surface area contributed by atoms with Crippen LogP contribution in [0.15, 0.2) is 29.4 Å². The van der Waals surface area contributed by atoms with Crippen LogP contribution in [0.4, 0.5) is 10.5 Å². The van der Waals surface area contributed by atoms with Gasteiger partial charge in [-0.3, -0.25) is 14.8 Å². The van der Waals surface area contributed by atoms with Crippen LogP contribution >= 0.6 is 12.4 Å². The molecule has 0 aliphatic carbocycles. The Morgan fingerprint density at radius 1 is 1.34 bits per heavy atom. The number of hydrogen-bond acceptors (Lipinski definition) is 7.